The molecule has 0 bridgehead atoms. The van der Waals surface area contributed by atoms with Gasteiger partial charge in [-0.15, -0.1) is 0 Å². The first-order valence-electron chi connectivity index (χ1n) is 6.16. The molecule has 0 saturated heterocycles. The van der Waals surface area contributed by atoms with Crippen LogP contribution in [0.1, 0.15) is 5.56 Å². The summed E-state index contributed by atoms with van der Waals surface area (Å²) in [5, 5.41) is 4.21. The molecule has 1 aromatic carbocycles. The van der Waals surface area contributed by atoms with E-state index in [1.54, 1.807) is 4.68 Å². The Bertz CT molecular complexity index is 662. The van der Waals surface area contributed by atoms with Gasteiger partial charge in [-0.25, -0.2) is 0 Å². The number of aromatic nitrogens is 2. The third-order valence-corrected chi connectivity index (χ3v) is 3.11. The minimum atomic E-state index is 0.957. The summed E-state index contributed by atoms with van der Waals surface area (Å²) in [5.74, 6) is 0. The lowest BCUT2D eigenvalue weighted by Crippen LogP contribution is -2.16. The predicted octanol–water partition coefficient (Wildman–Crippen LogP) is 3.35. The zero-order valence-electron chi connectivity index (χ0n) is 10.8. The molecule has 2 aromatic rings. The fourth-order valence-corrected chi connectivity index (χ4v) is 2.10. The van der Waals surface area contributed by atoms with Gasteiger partial charge in [0.1, 0.15) is 0 Å². The van der Waals surface area contributed by atoms with Gasteiger partial charge < -0.3 is 4.90 Å². The van der Waals surface area contributed by atoms with E-state index in [0.717, 1.165) is 22.5 Å². The van der Waals surface area contributed by atoms with Crippen LogP contribution in [-0.4, -0.2) is 9.78 Å². The number of para-hydroxylation sites is 1. The Morgan fingerprint density at radius 1 is 1.11 bits per heavy atom. The zero-order valence-corrected chi connectivity index (χ0v) is 10.8. The average molecular weight is 249 g/mol. The Morgan fingerprint density at radius 2 is 1.89 bits per heavy atom. The van der Waals surface area contributed by atoms with Gasteiger partial charge in [0.2, 0.25) is 0 Å². The molecule has 0 unspecified atom stereocenters. The predicted molar refractivity (Wildman–Crippen MR) is 78.4 cm³/mol. The van der Waals surface area contributed by atoms with Crippen molar-refractivity contribution in [2.24, 2.45) is 7.05 Å². The van der Waals surface area contributed by atoms with Gasteiger partial charge in [0.15, 0.2) is 0 Å². The lowest BCUT2D eigenvalue weighted by Gasteiger charge is -2.25. The molecule has 1 aliphatic rings. The molecule has 19 heavy (non-hydrogen) atoms. The second-order valence-corrected chi connectivity index (χ2v) is 4.52. The van der Waals surface area contributed by atoms with Crippen LogP contribution in [0.2, 0.25) is 0 Å². The average Bonchev–Trinajstić information content (AvgIpc) is 2.87. The Hall–Kier alpha value is -2.55. The van der Waals surface area contributed by atoms with Crippen LogP contribution in [0.3, 0.4) is 0 Å². The number of nitrogens with zero attached hydrogens (tertiary/aromatic N) is 3. The highest BCUT2D eigenvalue weighted by molar-refractivity contribution is 5.80. The molecule has 0 aliphatic carbocycles. The van der Waals surface area contributed by atoms with Crippen LogP contribution in [0.15, 0.2) is 73.4 Å². The minimum Gasteiger partial charge on any atom is -0.317 e. The van der Waals surface area contributed by atoms with Crippen LogP contribution < -0.4 is 4.90 Å². The highest BCUT2D eigenvalue weighted by atomic mass is 15.2. The summed E-state index contributed by atoms with van der Waals surface area (Å²) in [6.45, 7) is 4.08. The first-order valence-corrected chi connectivity index (χ1v) is 6.16. The van der Waals surface area contributed by atoms with E-state index in [1.165, 1.54) is 0 Å². The van der Waals surface area contributed by atoms with E-state index in [0.29, 0.717) is 0 Å². The Morgan fingerprint density at radius 3 is 2.58 bits per heavy atom. The van der Waals surface area contributed by atoms with Crippen molar-refractivity contribution in [3.63, 3.8) is 0 Å². The second kappa shape index (κ2) is 4.61. The molecule has 1 aliphatic heterocycles. The van der Waals surface area contributed by atoms with Gasteiger partial charge in [0.05, 0.1) is 6.20 Å². The van der Waals surface area contributed by atoms with Gasteiger partial charge in [0, 0.05) is 42.0 Å². The summed E-state index contributed by atoms with van der Waals surface area (Å²) in [4.78, 5) is 2.09. The molecule has 1 aromatic heterocycles. The minimum absolute atomic E-state index is 0.957. The molecule has 0 atom stereocenters. The molecule has 94 valence electrons. The maximum atomic E-state index is 4.21. The molecule has 3 heteroatoms. The van der Waals surface area contributed by atoms with E-state index in [1.807, 2.05) is 43.7 Å². The smallest absolute Gasteiger partial charge is 0.0568 e. The molecule has 0 fully saturated rings. The van der Waals surface area contributed by atoms with E-state index >= 15 is 0 Å². The SMILES string of the molecule is C=C1C=CC(c2cnn(C)c2)=CN1c1ccccc1. The highest BCUT2D eigenvalue weighted by Gasteiger charge is 2.12. The van der Waals surface area contributed by atoms with Gasteiger partial charge in [-0.3, -0.25) is 4.68 Å². The van der Waals surface area contributed by atoms with Crippen LogP contribution in [0.25, 0.3) is 5.57 Å². The van der Waals surface area contributed by atoms with Crippen LogP contribution >= 0.6 is 0 Å². The molecule has 2 heterocycles. The van der Waals surface area contributed by atoms with E-state index < -0.39 is 0 Å². The van der Waals surface area contributed by atoms with Crippen LogP contribution in [0.4, 0.5) is 5.69 Å². The van der Waals surface area contributed by atoms with Crippen molar-refractivity contribution in [2.45, 2.75) is 0 Å². The maximum absolute atomic E-state index is 4.21. The molecular formula is C16H15N3. The van der Waals surface area contributed by atoms with E-state index in [9.17, 15) is 0 Å². The van der Waals surface area contributed by atoms with Crippen LogP contribution in [-0.2, 0) is 7.05 Å². The van der Waals surface area contributed by atoms with E-state index in [2.05, 4.69) is 41.0 Å². The maximum Gasteiger partial charge on any atom is 0.0568 e. The second-order valence-electron chi connectivity index (χ2n) is 4.52. The standard InChI is InChI=1S/C16H15N3/c1-13-8-9-14(15-10-17-18(2)11-15)12-19(13)16-6-4-3-5-7-16/h3-12H,1H2,2H3. The number of anilines is 1. The topological polar surface area (TPSA) is 21.1 Å². The fourth-order valence-electron chi connectivity index (χ4n) is 2.10. The first kappa shape index (κ1) is 11.5. The van der Waals surface area contributed by atoms with E-state index in [-0.39, 0.29) is 0 Å². The molecule has 0 N–H and O–H groups in total. The number of rotatable bonds is 2. The molecule has 0 amide bonds. The van der Waals surface area contributed by atoms with Crippen LogP contribution in [0.5, 0.6) is 0 Å². The quantitative estimate of drug-likeness (QED) is 0.813. The van der Waals surface area contributed by atoms with Crippen molar-refractivity contribution < 1.29 is 0 Å². The van der Waals surface area contributed by atoms with Crippen molar-refractivity contribution in [1.82, 2.24) is 9.78 Å². The third-order valence-electron chi connectivity index (χ3n) is 3.11. The molecule has 3 nitrogen and oxygen atoms in total. The highest BCUT2D eigenvalue weighted by Crippen LogP contribution is 2.28. The van der Waals surface area contributed by atoms with Crippen molar-refractivity contribution in [1.29, 1.82) is 0 Å². The summed E-state index contributed by atoms with van der Waals surface area (Å²) in [5.41, 5.74) is 4.30. The monoisotopic (exact) mass is 249 g/mol. The van der Waals surface area contributed by atoms with E-state index in [4.69, 9.17) is 0 Å². The normalized spacial score (nSPS) is 14.7. The van der Waals surface area contributed by atoms with Crippen LogP contribution in [0, 0.1) is 0 Å². The summed E-state index contributed by atoms with van der Waals surface area (Å²) >= 11 is 0. The first-order chi connectivity index (χ1) is 9.24. The molecule has 0 radical (unpaired) electrons. The van der Waals surface area contributed by atoms with Crippen molar-refractivity contribution in [3.05, 3.63) is 78.9 Å². The largest absolute Gasteiger partial charge is 0.317 e. The Labute approximate surface area is 112 Å². The Balaban J connectivity index is 1.99. The summed E-state index contributed by atoms with van der Waals surface area (Å²) < 4.78 is 1.81. The number of aryl methyl sites for hydroxylation is 1. The fraction of sp³-hybridized carbons (Fsp3) is 0.0625. The number of hydrogen-bond donors (Lipinski definition) is 0. The third kappa shape index (κ3) is 2.22. The van der Waals surface area contributed by atoms with Crippen molar-refractivity contribution in [2.75, 3.05) is 4.90 Å². The molecule has 0 saturated carbocycles. The van der Waals surface area contributed by atoms with Gasteiger partial charge in [-0.05, 0) is 18.2 Å². The Kier molecular flexibility index (Phi) is 2.80. The number of hydrogen-bond acceptors (Lipinski definition) is 2. The molecular weight excluding hydrogens is 234 g/mol. The van der Waals surface area contributed by atoms with Gasteiger partial charge in [-0.1, -0.05) is 30.9 Å². The summed E-state index contributed by atoms with van der Waals surface area (Å²) in [6.07, 6.45) is 10.1. The van der Waals surface area contributed by atoms with Crippen molar-refractivity contribution in [3.8, 4) is 0 Å². The number of allylic oxidation sites excluding steroid dienone is 3. The molecule has 3 rings (SSSR count). The van der Waals surface area contributed by atoms with Crippen molar-refractivity contribution >= 4 is 11.3 Å². The van der Waals surface area contributed by atoms with Gasteiger partial charge >= 0.3 is 0 Å². The molecule has 0 spiro atoms. The summed E-state index contributed by atoms with van der Waals surface area (Å²) in [6, 6.07) is 10.2. The zero-order chi connectivity index (χ0) is 13.2. The lowest BCUT2D eigenvalue weighted by molar-refractivity contribution is 0.767. The van der Waals surface area contributed by atoms with Gasteiger partial charge in [0.25, 0.3) is 0 Å². The van der Waals surface area contributed by atoms with Gasteiger partial charge in [-0.2, -0.15) is 5.10 Å². The lowest BCUT2D eigenvalue weighted by atomic mass is 10.1. The number of benzene rings is 1. The summed E-state index contributed by atoms with van der Waals surface area (Å²) in [7, 11) is 1.92.